The SMILES string of the molecule is Clc1ccc(-c2ccc([C@@H]3C[C@H]3NCCC3CCCCC3)cc2)cc1. The van der Waals surface area contributed by atoms with E-state index >= 15 is 0 Å². The number of nitrogens with one attached hydrogen (secondary N) is 1. The second-order valence-corrected chi connectivity index (χ2v) is 8.26. The topological polar surface area (TPSA) is 12.0 Å². The Kier molecular flexibility index (Phi) is 5.43. The summed E-state index contributed by atoms with van der Waals surface area (Å²) in [7, 11) is 0. The minimum atomic E-state index is 0.699. The van der Waals surface area contributed by atoms with Gasteiger partial charge in [-0.1, -0.05) is 80.1 Å². The Morgan fingerprint density at radius 1 is 0.840 bits per heavy atom. The summed E-state index contributed by atoms with van der Waals surface area (Å²) >= 11 is 5.97. The fourth-order valence-corrected chi connectivity index (χ4v) is 4.43. The van der Waals surface area contributed by atoms with Crippen molar-refractivity contribution in [3.63, 3.8) is 0 Å². The van der Waals surface area contributed by atoms with E-state index in [2.05, 4.69) is 41.7 Å². The largest absolute Gasteiger partial charge is 0.313 e. The quantitative estimate of drug-likeness (QED) is 0.631. The minimum Gasteiger partial charge on any atom is -0.313 e. The van der Waals surface area contributed by atoms with Gasteiger partial charge in [0.25, 0.3) is 0 Å². The summed E-state index contributed by atoms with van der Waals surface area (Å²) in [5, 5.41) is 4.58. The molecule has 0 heterocycles. The molecule has 2 saturated carbocycles. The summed E-state index contributed by atoms with van der Waals surface area (Å²) in [5.74, 6) is 1.70. The molecule has 25 heavy (non-hydrogen) atoms. The van der Waals surface area contributed by atoms with Crippen LogP contribution in [0.25, 0.3) is 11.1 Å². The molecule has 132 valence electrons. The highest BCUT2D eigenvalue weighted by Gasteiger charge is 2.37. The maximum atomic E-state index is 5.97. The molecule has 2 fully saturated rings. The Hall–Kier alpha value is -1.31. The van der Waals surface area contributed by atoms with Crippen molar-refractivity contribution >= 4 is 11.6 Å². The molecular formula is C23H28ClN. The van der Waals surface area contributed by atoms with Crippen molar-refractivity contribution in [2.45, 2.75) is 56.9 Å². The van der Waals surface area contributed by atoms with Gasteiger partial charge in [-0.25, -0.2) is 0 Å². The molecule has 0 aliphatic heterocycles. The van der Waals surface area contributed by atoms with Crippen LogP contribution < -0.4 is 5.32 Å². The van der Waals surface area contributed by atoms with Crippen molar-refractivity contribution in [1.29, 1.82) is 0 Å². The van der Waals surface area contributed by atoms with Gasteiger partial charge < -0.3 is 5.32 Å². The predicted molar refractivity (Wildman–Crippen MR) is 107 cm³/mol. The normalized spacial score (nSPS) is 23.6. The lowest BCUT2D eigenvalue weighted by molar-refractivity contribution is 0.333. The van der Waals surface area contributed by atoms with Crippen LogP contribution in [0, 0.1) is 5.92 Å². The lowest BCUT2D eigenvalue weighted by atomic mass is 9.87. The summed E-state index contributed by atoms with van der Waals surface area (Å²) in [6, 6.07) is 17.9. The van der Waals surface area contributed by atoms with Gasteiger partial charge in [0.1, 0.15) is 0 Å². The molecule has 2 atom stereocenters. The monoisotopic (exact) mass is 353 g/mol. The fraction of sp³-hybridized carbons (Fsp3) is 0.478. The summed E-state index contributed by atoms with van der Waals surface area (Å²) < 4.78 is 0. The Bertz CT molecular complexity index is 670. The van der Waals surface area contributed by atoms with Crippen LogP contribution in [0.1, 0.15) is 56.4 Å². The van der Waals surface area contributed by atoms with Crippen LogP contribution in [-0.2, 0) is 0 Å². The van der Waals surface area contributed by atoms with Crippen LogP contribution in [-0.4, -0.2) is 12.6 Å². The molecule has 0 spiro atoms. The van der Waals surface area contributed by atoms with Crippen molar-refractivity contribution in [2.75, 3.05) is 6.54 Å². The lowest BCUT2D eigenvalue weighted by Gasteiger charge is -2.21. The minimum absolute atomic E-state index is 0.699. The lowest BCUT2D eigenvalue weighted by Crippen LogP contribution is -2.22. The number of hydrogen-bond donors (Lipinski definition) is 1. The highest BCUT2D eigenvalue weighted by Crippen LogP contribution is 2.41. The molecule has 1 N–H and O–H groups in total. The molecule has 0 radical (unpaired) electrons. The third-order valence-corrected chi connectivity index (χ3v) is 6.24. The molecule has 0 bridgehead atoms. The molecule has 1 nitrogen and oxygen atoms in total. The molecule has 2 heteroatoms. The first-order chi connectivity index (χ1) is 12.3. The first kappa shape index (κ1) is 17.1. The van der Waals surface area contributed by atoms with Gasteiger partial charge >= 0.3 is 0 Å². The Morgan fingerprint density at radius 2 is 1.48 bits per heavy atom. The highest BCUT2D eigenvalue weighted by molar-refractivity contribution is 6.30. The zero-order valence-corrected chi connectivity index (χ0v) is 15.6. The zero-order chi connectivity index (χ0) is 17.1. The number of rotatable bonds is 6. The molecule has 0 amide bonds. The number of hydrogen-bond acceptors (Lipinski definition) is 1. The molecule has 0 unspecified atom stereocenters. The van der Waals surface area contributed by atoms with Crippen molar-refractivity contribution in [3.8, 4) is 11.1 Å². The van der Waals surface area contributed by atoms with E-state index in [1.54, 1.807) is 0 Å². The van der Waals surface area contributed by atoms with Crippen molar-refractivity contribution in [1.82, 2.24) is 5.32 Å². The van der Waals surface area contributed by atoms with E-state index in [1.165, 1.54) is 68.2 Å². The summed E-state index contributed by atoms with van der Waals surface area (Å²) in [4.78, 5) is 0. The summed E-state index contributed by atoms with van der Waals surface area (Å²) in [6.45, 7) is 1.20. The van der Waals surface area contributed by atoms with Gasteiger partial charge in [-0.15, -0.1) is 0 Å². The van der Waals surface area contributed by atoms with Crippen LogP contribution in [0.3, 0.4) is 0 Å². The van der Waals surface area contributed by atoms with E-state index in [0.29, 0.717) is 12.0 Å². The number of halogens is 1. The summed E-state index contributed by atoms with van der Waals surface area (Å²) in [6.07, 6.45) is 9.96. The van der Waals surface area contributed by atoms with Gasteiger partial charge in [0.2, 0.25) is 0 Å². The fourth-order valence-electron chi connectivity index (χ4n) is 4.30. The molecule has 2 aliphatic carbocycles. The van der Waals surface area contributed by atoms with E-state index in [1.807, 2.05) is 12.1 Å². The van der Waals surface area contributed by atoms with Crippen molar-refractivity contribution < 1.29 is 0 Å². The smallest absolute Gasteiger partial charge is 0.0406 e. The second-order valence-electron chi connectivity index (χ2n) is 7.82. The molecule has 2 aromatic rings. The predicted octanol–water partition coefficient (Wildman–Crippen LogP) is 6.42. The van der Waals surface area contributed by atoms with Gasteiger partial charge in [-0.05, 0) is 54.1 Å². The van der Waals surface area contributed by atoms with E-state index in [0.717, 1.165) is 10.9 Å². The molecule has 4 rings (SSSR count). The molecule has 0 saturated heterocycles. The molecule has 0 aromatic heterocycles. The van der Waals surface area contributed by atoms with Crippen LogP contribution in [0.15, 0.2) is 48.5 Å². The van der Waals surface area contributed by atoms with Gasteiger partial charge in [-0.2, -0.15) is 0 Å². The van der Waals surface area contributed by atoms with Gasteiger partial charge in [0.05, 0.1) is 0 Å². The number of benzene rings is 2. The van der Waals surface area contributed by atoms with Crippen LogP contribution in [0.5, 0.6) is 0 Å². The highest BCUT2D eigenvalue weighted by atomic mass is 35.5. The standard InChI is InChI=1S/C23H28ClN/c24-21-12-10-19(11-13-21)18-6-8-20(9-7-18)22-16-23(22)25-15-14-17-4-2-1-3-5-17/h6-13,17,22-23,25H,1-5,14-16H2/t22-,23+/m0/s1. The average molecular weight is 354 g/mol. The third kappa shape index (κ3) is 4.46. The Labute approximate surface area is 156 Å². The van der Waals surface area contributed by atoms with Crippen molar-refractivity contribution in [3.05, 3.63) is 59.1 Å². The average Bonchev–Trinajstić information content (AvgIpc) is 3.43. The summed E-state index contributed by atoms with van der Waals surface area (Å²) in [5.41, 5.74) is 3.98. The van der Waals surface area contributed by atoms with Gasteiger partial charge in [0.15, 0.2) is 0 Å². The molecular weight excluding hydrogens is 326 g/mol. The van der Waals surface area contributed by atoms with Crippen LogP contribution in [0.4, 0.5) is 0 Å². The first-order valence-corrected chi connectivity index (χ1v) is 10.3. The van der Waals surface area contributed by atoms with Crippen molar-refractivity contribution in [2.24, 2.45) is 5.92 Å². The maximum absolute atomic E-state index is 5.97. The van der Waals surface area contributed by atoms with E-state index in [9.17, 15) is 0 Å². The van der Waals surface area contributed by atoms with E-state index in [4.69, 9.17) is 11.6 Å². The molecule has 2 aromatic carbocycles. The zero-order valence-electron chi connectivity index (χ0n) is 14.9. The van der Waals surface area contributed by atoms with Crippen LogP contribution >= 0.6 is 11.6 Å². The first-order valence-electron chi connectivity index (χ1n) is 9.89. The van der Waals surface area contributed by atoms with Gasteiger partial charge in [0, 0.05) is 17.0 Å². The Balaban J connectivity index is 1.26. The molecule has 2 aliphatic rings. The third-order valence-electron chi connectivity index (χ3n) is 5.99. The van der Waals surface area contributed by atoms with E-state index < -0.39 is 0 Å². The van der Waals surface area contributed by atoms with Gasteiger partial charge in [-0.3, -0.25) is 0 Å². The van der Waals surface area contributed by atoms with Crippen LogP contribution in [0.2, 0.25) is 5.02 Å². The second kappa shape index (κ2) is 7.93. The Morgan fingerprint density at radius 3 is 2.16 bits per heavy atom. The maximum Gasteiger partial charge on any atom is 0.0406 e. The van der Waals surface area contributed by atoms with E-state index in [-0.39, 0.29) is 0 Å².